The van der Waals surface area contributed by atoms with Gasteiger partial charge in [-0.15, -0.1) is 0 Å². The van der Waals surface area contributed by atoms with Crippen molar-refractivity contribution in [3.8, 4) is 5.75 Å². The molecule has 1 radical (unpaired) electrons. The number of hydrogen-bond acceptors (Lipinski definition) is 6. The lowest BCUT2D eigenvalue weighted by Gasteiger charge is -2.12. The van der Waals surface area contributed by atoms with Gasteiger partial charge >= 0.3 is 11.9 Å². The van der Waals surface area contributed by atoms with E-state index < -0.39 is 22.9 Å². The van der Waals surface area contributed by atoms with Gasteiger partial charge in [0.1, 0.15) is 5.75 Å². The maximum Gasteiger partial charge on any atom is 0.338 e. The lowest BCUT2D eigenvalue weighted by molar-refractivity contribution is -0.524. The first kappa shape index (κ1) is 16.6. The Morgan fingerprint density at radius 1 is 1.43 bits per heavy atom. The van der Waals surface area contributed by atoms with Crippen LogP contribution in [0.1, 0.15) is 42.7 Å². The number of hydrogen-bond donors (Lipinski definition) is 0. The molecular formula is C14H16NO6. The summed E-state index contributed by atoms with van der Waals surface area (Å²) in [6.07, 6.45) is 1.19. The van der Waals surface area contributed by atoms with E-state index in [9.17, 15) is 19.7 Å². The van der Waals surface area contributed by atoms with E-state index in [0.717, 1.165) is 0 Å². The summed E-state index contributed by atoms with van der Waals surface area (Å²) in [5, 5.41) is 11.0. The molecule has 0 saturated carbocycles. The highest BCUT2D eigenvalue weighted by atomic mass is 16.6. The first-order valence-electron chi connectivity index (χ1n) is 6.36. The predicted molar refractivity (Wildman–Crippen MR) is 73.4 cm³/mol. The third-order valence-corrected chi connectivity index (χ3v) is 2.73. The lowest BCUT2D eigenvalue weighted by atomic mass is 10.0. The molecule has 0 aliphatic heterocycles. The first-order chi connectivity index (χ1) is 9.90. The Kier molecular flexibility index (Phi) is 5.83. The van der Waals surface area contributed by atoms with Crippen LogP contribution in [0, 0.1) is 16.5 Å². The van der Waals surface area contributed by atoms with E-state index in [2.05, 4.69) is 0 Å². The molecule has 0 bridgehead atoms. The zero-order chi connectivity index (χ0) is 16.0. The summed E-state index contributed by atoms with van der Waals surface area (Å²) in [7, 11) is 0. The van der Waals surface area contributed by atoms with Crippen molar-refractivity contribution in [2.45, 2.75) is 26.8 Å². The van der Waals surface area contributed by atoms with E-state index in [1.807, 2.05) is 0 Å². The Morgan fingerprint density at radius 2 is 2.10 bits per heavy atom. The van der Waals surface area contributed by atoms with Gasteiger partial charge in [0.25, 0.3) is 0 Å². The molecule has 113 valence electrons. The van der Waals surface area contributed by atoms with Crippen molar-refractivity contribution in [3.63, 3.8) is 0 Å². The molecule has 0 spiro atoms. The molecule has 7 nitrogen and oxygen atoms in total. The van der Waals surface area contributed by atoms with E-state index in [1.54, 1.807) is 6.92 Å². The maximum atomic E-state index is 11.7. The van der Waals surface area contributed by atoms with Crippen LogP contribution in [0.25, 0.3) is 0 Å². The fourth-order valence-electron chi connectivity index (χ4n) is 1.59. The summed E-state index contributed by atoms with van der Waals surface area (Å²) >= 11 is 0. The predicted octanol–water partition coefficient (Wildman–Crippen LogP) is 2.33. The minimum atomic E-state index is -1.13. The Bertz CT molecular complexity index is 554. The normalized spacial score (nSPS) is 11.6. The molecule has 0 aromatic heterocycles. The van der Waals surface area contributed by atoms with E-state index in [-0.39, 0.29) is 23.5 Å². The number of esters is 2. The fraction of sp³-hybridized carbons (Fsp3) is 0.357. The summed E-state index contributed by atoms with van der Waals surface area (Å²) in [4.78, 5) is 33.4. The van der Waals surface area contributed by atoms with Crippen LogP contribution in [0.15, 0.2) is 18.2 Å². The molecule has 1 atom stereocenters. The van der Waals surface area contributed by atoms with E-state index in [1.165, 1.54) is 38.5 Å². The molecule has 0 N–H and O–H groups in total. The summed E-state index contributed by atoms with van der Waals surface area (Å²) in [6.45, 7) is 4.69. The van der Waals surface area contributed by atoms with Crippen LogP contribution in [0.2, 0.25) is 0 Å². The molecule has 1 rings (SSSR count). The maximum absolute atomic E-state index is 11.7. The minimum absolute atomic E-state index is 0.0512. The topological polar surface area (TPSA) is 95.7 Å². The van der Waals surface area contributed by atoms with Gasteiger partial charge in [-0.05, 0) is 25.1 Å². The highest BCUT2D eigenvalue weighted by Crippen LogP contribution is 2.29. The smallest absolute Gasteiger partial charge is 0.338 e. The summed E-state index contributed by atoms with van der Waals surface area (Å²) < 4.78 is 9.85. The number of nitro groups is 1. The van der Waals surface area contributed by atoms with Crippen molar-refractivity contribution in [3.05, 3.63) is 45.9 Å². The third kappa shape index (κ3) is 4.27. The van der Waals surface area contributed by atoms with Crippen LogP contribution in [0.4, 0.5) is 0 Å². The van der Waals surface area contributed by atoms with Gasteiger partial charge in [0.2, 0.25) is 6.04 Å². The van der Waals surface area contributed by atoms with Gasteiger partial charge in [0, 0.05) is 11.8 Å². The molecule has 0 aliphatic rings. The second-order valence-corrected chi connectivity index (χ2v) is 4.14. The summed E-state index contributed by atoms with van der Waals surface area (Å²) in [6, 6.07) is 2.93. The molecule has 0 amide bonds. The quantitative estimate of drug-likeness (QED) is 0.346. The Balaban J connectivity index is 3.22. The Hall–Kier alpha value is -2.44. The summed E-state index contributed by atoms with van der Waals surface area (Å²) in [5.74, 6) is -1.17. The molecule has 1 aromatic carbocycles. The van der Waals surface area contributed by atoms with Crippen molar-refractivity contribution in [1.82, 2.24) is 0 Å². The monoisotopic (exact) mass is 294 g/mol. The number of benzene rings is 1. The van der Waals surface area contributed by atoms with Crippen molar-refractivity contribution >= 4 is 11.9 Å². The fourth-order valence-corrected chi connectivity index (χ4v) is 1.59. The molecule has 0 heterocycles. The van der Waals surface area contributed by atoms with E-state index in [0.29, 0.717) is 0 Å². The van der Waals surface area contributed by atoms with Crippen LogP contribution < -0.4 is 4.74 Å². The molecular weight excluding hydrogens is 278 g/mol. The second-order valence-electron chi connectivity index (χ2n) is 4.14. The molecule has 0 aliphatic carbocycles. The molecule has 1 aromatic rings. The zero-order valence-electron chi connectivity index (χ0n) is 12.0. The van der Waals surface area contributed by atoms with Crippen molar-refractivity contribution in [1.29, 1.82) is 0 Å². The highest BCUT2D eigenvalue weighted by Gasteiger charge is 2.24. The molecule has 21 heavy (non-hydrogen) atoms. The molecule has 1 unspecified atom stereocenters. The minimum Gasteiger partial charge on any atom is -0.462 e. The van der Waals surface area contributed by atoms with Gasteiger partial charge in [-0.25, -0.2) is 4.79 Å². The number of carbonyl (C=O) groups excluding carboxylic acids is 2. The van der Waals surface area contributed by atoms with Crippen molar-refractivity contribution in [2.24, 2.45) is 0 Å². The number of nitrogens with zero attached hydrogens (tertiary/aromatic N) is 1. The van der Waals surface area contributed by atoms with Crippen LogP contribution >= 0.6 is 0 Å². The van der Waals surface area contributed by atoms with Gasteiger partial charge in [0.05, 0.1) is 24.2 Å². The molecule has 0 saturated heterocycles. The summed E-state index contributed by atoms with van der Waals surface area (Å²) in [5.41, 5.74) is 0.307. The molecule has 7 heteroatoms. The number of ether oxygens (including phenoxy) is 2. The van der Waals surface area contributed by atoms with Gasteiger partial charge < -0.3 is 9.47 Å². The lowest BCUT2D eigenvalue weighted by Crippen LogP contribution is -2.14. The van der Waals surface area contributed by atoms with Crippen LogP contribution in [-0.2, 0) is 9.53 Å². The largest absolute Gasteiger partial charge is 0.462 e. The average molecular weight is 294 g/mol. The van der Waals surface area contributed by atoms with Gasteiger partial charge in [0.15, 0.2) is 0 Å². The highest BCUT2D eigenvalue weighted by molar-refractivity contribution is 5.90. The first-order valence-corrected chi connectivity index (χ1v) is 6.36. The standard InChI is InChI=1S/C14H16NO6/c1-4-13(16)21-12-7-6-10(14(17)20-5-2)8-11(12)9(3)15(18)19/h4,6-9H,5H2,1-3H3. The third-order valence-electron chi connectivity index (χ3n) is 2.73. The van der Waals surface area contributed by atoms with Crippen LogP contribution in [0.5, 0.6) is 5.75 Å². The van der Waals surface area contributed by atoms with Gasteiger partial charge in [-0.2, -0.15) is 0 Å². The number of carbonyl (C=O) groups is 2. The average Bonchev–Trinajstić information content (AvgIpc) is 2.46. The number of rotatable bonds is 6. The Morgan fingerprint density at radius 3 is 2.62 bits per heavy atom. The van der Waals surface area contributed by atoms with Crippen LogP contribution in [0.3, 0.4) is 0 Å². The van der Waals surface area contributed by atoms with Gasteiger partial charge in [-0.3, -0.25) is 14.9 Å². The zero-order valence-corrected chi connectivity index (χ0v) is 12.0. The SMILES string of the molecule is C[CH]C(=O)Oc1ccc(C(=O)OCC)cc1C(C)[N+](=O)[O-]. The van der Waals surface area contributed by atoms with Crippen molar-refractivity contribution in [2.75, 3.05) is 6.61 Å². The van der Waals surface area contributed by atoms with E-state index >= 15 is 0 Å². The van der Waals surface area contributed by atoms with E-state index in [4.69, 9.17) is 9.47 Å². The Labute approximate surface area is 122 Å². The molecule has 0 fully saturated rings. The van der Waals surface area contributed by atoms with Crippen LogP contribution in [-0.4, -0.2) is 23.5 Å². The van der Waals surface area contributed by atoms with Crippen molar-refractivity contribution < 1.29 is 24.0 Å². The second kappa shape index (κ2) is 7.37. The van der Waals surface area contributed by atoms with Gasteiger partial charge in [-0.1, -0.05) is 6.92 Å².